The van der Waals surface area contributed by atoms with Crippen molar-refractivity contribution in [3.05, 3.63) is 40.8 Å². The zero-order valence-electron chi connectivity index (χ0n) is 19.4. The van der Waals surface area contributed by atoms with Crippen molar-refractivity contribution in [3.63, 3.8) is 0 Å². The van der Waals surface area contributed by atoms with Gasteiger partial charge in [-0.05, 0) is 55.4 Å². The summed E-state index contributed by atoms with van der Waals surface area (Å²) in [6.45, 7) is 7.06. The third kappa shape index (κ3) is 3.79. The molecule has 0 spiro atoms. The number of fused-ring (bicyclic) bond motifs is 2. The molecule has 1 aliphatic carbocycles. The van der Waals surface area contributed by atoms with Gasteiger partial charge in [0.25, 0.3) is 5.91 Å². The van der Waals surface area contributed by atoms with Crippen LogP contribution in [-0.2, 0) is 11.3 Å². The first-order valence-corrected chi connectivity index (χ1v) is 11.5. The van der Waals surface area contributed by atoms with Gasteiger partial charge in [-0.25, -0.2) is 9.37 Å². The fraction of sp³-hybridized carbons (Fsp3) is 0.500. The fourth-order valence-corrected chi connectivity index (χ4v) is 5.27. The van der Waals surface area contributed by atoms with Gasteiger partial charge in [-0.3, -0.25) is 9.59 Å². The van der Waals surface area contributed by atoms with E-state index in [-0.39, 0.29) is 35.6 Å². The van der Waals surface area contributed by atoms with Crippen LogP contribution in [0.4, 0.5) is 21.8 Å². The summed E-state index contributed by atoms with van der Waals surface area (Å²) in [6, 6.07) is 4.34. The quantitative estimate of drug-likeness (QED) is 0.724. The maximum absolute atomic E-state index is 13.5. The Hall–Kier alpha value is -3.23. The lowest BCUT2D eigenvalue weighted by Crippen LogP contribution is -2.50. The molecule has 0 bridgehead atoms. The minimum Gasteiger partial charge on any atom is -0.351 e. The molecule has 2 aromatic rings. The Morgan fingerprint density at radius 1 is 1.24 bits per heavy atom. The molecule has 174 valence electrons. The number of likely N-dealkylation sites (N-methyl/N-ethyl adjacent to an activating group) is 1. The summed E-state index contributed by atoms with van der Waals surface area (Å²) in [6.07, 6.45) is 1.82. The van der Waals surface area contributed by atoms with Crippen LogP contribution in [0.3, 0.4) is 0 Å². The maximum Gasteiger partial charge on any atom is 0.254 e. The van der Waals surface area contributed by atoms with Crippen LogP contribution in [0.15, 0.2) is 18.2 Å². The number of aromatic nitrogens is 2. The number of hydrogen-bond acceptors (Lipinski definition) is 6. The number of rotatable bonds is 5. The minimum atomic E-state index is -0.304. The van der Waals surface area contributed by atoms with Crippen LogP contribution < -0.4 is 15.5 Å². The van der Waals surface area contributed by atoms with Gasteiger partial charge in [0.1, 0.15) is 17.5 Å². The van der Waals surface area contributed by atoms with Crippen LogP contribution >= 0.6 is 0 Å². The van der Waals surface area contributed by atoms with Crippen molar-refractivity contribution in [1.29, 1.82) is 0 Å². The van der Waals surface area contributed by atoms with Gasteiger partial charge < -0.3 is 20.4 Å². The number of aryl methyl sites for hydroxylation is 1. The van der Waals surface area contributed by atoms with Crippen LogP contribution in [0.25, 0.3) is 0 Å². The van der Waals surface area contributed by atoms with E-state index in [9.17, 15) is 14.0 Å². The summed E-state index contributed by atoms with van der Waals surface area (Å²) in [5.41, 5.74) is 2.77. The molecular formula is C24H29FN6O2. The van der Waals surface area contributed by atoms with Gasteiger partial charge in [0.05, 0.1) is 5.69 Å². The second kappa shape index (κ2) is 7.97. The Bertz CT molecular complexity index is 1130. The first-order chi connectivity index (χ1) is 15.7. The van der Waals surface area contributed by atoms with Crippen LogP contribution in [0.5, 0.6) is 0 Å². The lowest BCUT2D eigenvalue weighted by atomic mass is 9.80. The van der Waals surface area contributed by atoms with Gasteiger partial charge in [-0.15, -0.1) is 0 Å². The monoisotopic (exact) mass is 452 g/mol. The Morgan fingerprint density at radius 2 is 2.00 bits per heavy atom. The van der Waals surface area contributed by atoms with Crippen LogP contribution in [-0.4, -0.2) is 52.4 Å². The molecule has 0 radical (unpaired) electrons. The van der Waals surface area contributed by atoms with Gasteiger partial charge in [0.2, 0.25) is 11.9 Å². The third-order valence-corrected chi connectivity index (χ3v) is 6.96. The largest absolute Gasteiger partial charge is 0.351 e. The van der Waals surface area contributed by atoms with E-state index in [4.69, 9.17) is 4.98 Å². The van der Waals surface area contributed by atoms with Crippen molar-refractivity contribution in [1.82, 2.24) is 14.9 Å². The predicted octanol–water partition coefficient (Wildman–Crippen LogP) is 3.18. The van der Waals surface area contributed by atoms with Crippen molar-refractivity contribution in [2.75, 3.05) is 29.1 Å². The van der Waals surface area contributed by atoms with E-state index in [1.54, 1.807) is 6.07 Å². The normalized spacial score (nSPS) is 23.9. The highest BCUT2D eigenvalue weighted by molar-refractivity contribution is 6.03. The third-order valence-electron chi connectivity index (χ3n) is 6.96. The predicted molar refractivity (Wildman–Crippen MR) is 124 cm³/mol. The van der Waals surface area contributed by atoms with E-state index < -0.39 is 0 Å². The number of carbonyl (C=O) groups excluding carboxylic acids is 2. The number of hydrogen-bond donors (Lipinski definition) is 2. The van der Waals surface area contributed by atoms with E-state index in [1.807, 2.05) is 37.6 Å². The van der Waals surface area contributed by atoms with Gasteiger partial charge in [0, 0.05) is 31.7 Å². The molecule has 33 heavy (non-hydrogen) atoms. The number of nitrogens with zero attached hydrogens (tertiary/aromatic N) is 4. The zero-order chi connectivity index (χ0) is 23.4. The first-order valence-electron chi connectivity index (χ1n) is 11.5. The molecule has 0 saturated heterocycles. The Morgan fingerprint density at radius 3 is 2.73 bits per heavy atom. The summed E-state index contributed by atoms with van der Waals surface area (Å²) in [4.78, 5) is 38.1. The molecule has 2 aliphatic heterocycles. The van der Waals surface area contributed by atoms with Gasteiger partial charge in [-0.1, -0.05) is 13.8 Å². The molecule has 1 aromatic heterocycles. The van der Waals surface area contributed by atoms with Crippen molar-refractivity contribution in [3.8, 4) is 0 Å². The minimum absolute atomic E-state index is 0.0140. The highest BCUT2D eigenvalue weighted by Crippen LogP contribution is 2.36. The second-order valence-electron chi connectivity index (χ2n) is 9.79. The van der Waals surface area contributed by atoms with Gasteiger partial charge in [-0.2, -0.15) is 4.98 Å². The number of carbonyl (C=O) groups is 2. The molecule has 2 N–H and O–H groups in total. The van der Waals surface area contributed by atoms with Gasteiger partial charge >= 0.3 is 0 Å². The second-order valence-corrected chi connectivity index (χ2v) is 9.79. The molecule has 8 nitrogen and oxygen atoms in total. The summed E-state index contributed by atoms with van der Waals surface area (Å²) < 4.78 is 13.5. The standard InChI is InChI=1S/C24H29FN6O2/c1-12(2)20-22(32)28-19-13(3)26-24(29-21(19)30(20)4)27-17-7-14(8-17)10-31-11-15-9-16(25)5-6-18(15)23(31)33/h5-6,9,12,14,17,20H,7-8,10-11H2,1-4H3,(H,28,32)(H,26,27,29)/t14-,17+,20?. The van der Waals surface area contributed by atoms with Crippen molar-refractivity contribution >= 4 is 29.3 Å². The van der Waals surface area contributed by atoms with Crippen LogP contribution in [0.1, 0.15) is 48.3 Å². The molecule has 1 unspecified atom stereocenters. The Labute approximate surface area is 192 Å². The molecule has 5 rings (SSSR count). The molecule has 1 aromatic carbocycles. The average Bonchev–Trinajstić information content (AvgIpc) is 3.01. The molecule has 1 saturated carbocycles. The van der Waals surface area contributed by atoms with E-state index >= 15 is 0 Å². The summed E-state index contributed by atoms with van der Waals surface area (Å²) in [7, 11) is 1.90. The van der Waals surface area contributed by atoms with Crippen molar-refractivity contribution in [2.45, 2.75) is 52.2 Å². The number of amides is 2. The zero-order valence-corrected chi connectivity index (χ0v) is 19.4. The topological polar surface area (TPSA) is 90.5 Å². The number of nitrogens with one attached hydrogen (secondary N) is 2. The summed E-state index contributed by atoms with van der Waals surface area (Å²) in [5.74, 6) is 1.47. The van der Waals surface area contributed by atoms with Gasteiger partial charge in [0.15, 0.2) is 5.82 Å². The van der Waals surface area contributed by atoms with E-state index in [2.05, 4.69) is 15.6 Å². The molecule has 1 fully saturated rings. The average molecular weight is 453 g/mol. The van der Waals surface area contributed by atoms with Crippen LogP contribution in [0.2, 0.25) is 0 Å². The number of halogens is 1. The lowest BCUT2D eigenvalue weighted by Gasteiger charge is -2.39. The summed E-state index contributed by atoms with van der Waals surface area (Å²) in [5, 5.41) is 6.39. The lowest BCUT2D eigenvalue weighted by molar-refractivity contribution is -0.118. The SMILES string of the molecule is Cc1nc(N[C@H]2C[C@@H](CN3Cc4cc(F)ccc4C3=O)C2)nc2c1NC(=O)C(C(C)C)N2C. The number of anilines is 3. The van der Waals surface area contributed by atoms with E-state index in [0.29, 0.717) is 36.2 Å². The highest BCUT2D eigenvalue weighted by Gasteiger charge is 2.37. The Kier molecular flexibility index (Phi) is 5.22. The molecule has 9 heteroatoms. The number of benzene rings is 1. The van der Waals surface area contributed by atoms with E-state index in [1.165, 1.54) is 12.1 Å². The summed E-state index contributed by atoms with van der Waals surface area (Å²) >= 11 is 0. The first kappa shape index (κ1) is 21.6. The molecule has 1 atom stereocenters. The fourth-order valence-electron chi connectivity index (χ4n) is 5.27. The smallest absolute Gasteiger partial charge is 0.254 e. The molecule has 3 aliphatic rings. The van der Waals surface area contributed by atoms with Crippen LogP contribution in [0, 0.1) is 24.6 Å². The van der Waals surface area contributed by atoms with E-state index in [0.717, 1.165) is 29.9 Å². The van der Waals surface area contributed by atoms with Crippen molar-refractivity contribution in [2.24, 2.45) is 11.8 Å². The molecule has 2 amide bonds. The molecular weight excluding hydrogens is 423 g/mol. The Balaban J connectivity index is 1.21. The maximum atomic E-state index is 13.5. The molecule has 3 heterocycles. The highest BCUT2D eigenvalue weighted by atomic mass is 19.1. The van der Waals surface area contributed by atoms with Crippen molar-refractivity contribution < 1.29 is 14.0 Å².